The zero-order valence-corrected chi connectivity index (χ0v) is 8.28. The largest absolute Gasteiger partial charge is 0.389 e. The molecule has 0 aromatic heterocycles. The smallest absolute Gasteiger partial charge is 0.0115 e. The Labute approximate surface area is 70.9 Å². The Morgan fingerprint density at radius 3 is 2.36 bits per heavy atom. The van der Waals surface area contributed by atoms with Gasteiger partial charge in [0.1, 0.15) is 0 Å². The van der Waals surface area contributed by atoms with Gasteiger partial charge in [0.15, 0.2) is 0 Å². The fraction of sp³-hybridized carbons (Fsp3) is 0.800. The van der Waals surface area contributed by atoms with Gasteiger partial charge >= 0.3 is 0 Å². The van der Waals surface area contributed by atoms with E-state index in [2.05, 4.69) is 39.1 Å². The fourth-order valence-corrected chi connectivity index (χ4v) is 0.990. The summed E-state index contributed by atoms with van der Waals surface area (Å²) in [7, 11) is 0. The van der Waals surface area contributed by atoms with Gasteiger partial charge in [0.05, 0.1) is 0 Å². The van der Waals surface area contributed by atoms with E-state index >= 15 is 0 Å². The normalized spacial score (nSPS) is 14.7. The summed E-state index contributed by atoms with van der Waals surface area (Å²) < 4.78 is 0. The van der Waals surface area contributed by atoms with E-state index in [4.69, 9.17) is 0 Å². The molecule has 0 aromatic rings. The molecule has 0 aromatic carbocycles. The Kier molecular flexibility index (Phi) is 6.00. The van der Waals surface area contributed by atoms with Crippen LogP contribution in [0.5, 0.6) is 0 Å². The Hall–Kier alpha value is -0.460. The van der Waals surface area contributed by atoms with Crippen molar-refractivity contribution in [3.63, 3.8) is 0 Å². The summed E-state index contributed by atoms with van der Waals surface area (Å²) in [5, 5.41) is 3.36. The van der Waals surface area contributed by atoms with Gasteiger partial charge in [-0.1, -0.05) is 33.3 Å². The second-order valence-corrected chi connectivity index (χ2v) is 2.96. The highest BCUT2D eigenvalue weighted by Gasteiger charge is 1.95. The second kappa shape index (κ2) is 6.26. The summed E-state index contributed by atoms with van der Waals surface area (Å²) >= 11 is 0. The summed E-state index contributed by atoms with van der Waals surface area (Å²) in [4.78, 5) is 0. The number of nitrogens with one attached hydrogen (secondary N) is 1. The molecule has 1 N–H and O–H groups in total. The molecule has 1 atom stereocenters. The van der Waals surface area contributed by atoms with E-state index in [-0.39, 0.29) is 0 Å². The SMILES string of the molecule is CCN/C(=C\[C@@H](C)CC)CC. The maximum absolute atomic E-state index is 3.36. The van der Waals surface area contributed by atoms with Crippen LogP contribution in [0.25, 0.3) is 0 Å². The molecule has 0 unspecified atom stereocenters. The first kappa shape index (κ1) is 10.5. The highest BCUT2D eigenvalue weighted by Crippen LogP contribution is 2.07. The predicted octanol–water partition coefficient (Wildman–Crippen LogP) is 2.94. The van der Waals surface area contributed by atoms with E-state index in [0.29, 0.717) is 5.92 Å². The van der Waals surface area contributed by atoms with Gasteiger partial charge in [-0.15, -0.1) is 0 Å². The van der Waals surface area contributed by atoms with E-state index < -0.39 is 0 Å². The van der Waals surface area contributed by atoms with E-state index in [1.54, 1.807) is 0 Å². The van der Waals surface area contributed by atoms with Gasteiger partial charge in [0.2, 0.25) is 0 Å². The van der Waals surface area contributed by atoms with Crippen LogP contribution in [0.4, 0.5) is 0 Å². The Balaban J connectivity index is 3.88. The van der Waals surface area contributed by atoms with Crippen molar-refractivity contribution in [3.8, 4) is 0 Å². The lowest BCUT2D eigenvalue weighted by molar-refractivity contribution is 0.672. The molecule has 0 radical (unpaired) electrons. The van der Waals surface area contributed by atoms with Crippen molar-refractivity contribution < 1.29 is 0 Å². The van der Waals surface area contributed by atoms with Crippen molar-refractivity contribution in [3.05, 3.63) is 11.8 Å². The Bertz CT molecular complexity index is 116. The van der Waals surface area contributed by atoms with Gasteiger partial charge in [-0.3, -0.25) is 0 Å². The molecule has 0 aliphatic rings. The number of rotatable bonds is 5. The van der Waals surface area contributed by atoms with Crippen LogP contribution in [0.1, 0.15) is 40.5 Å². The second-order valence-electron chi connectivity index (χ2n) is 2.96. The van der Waals surface area contributed by atoms with Crippen molar-refractivity contribution in [2.24, 2.45) is 5.92 Å². The molecule has 0 aliphatic heterocycles. The lowest BCUT2D eigenvalue weighted by Crippen LogP contribution is -2.12. The van der Waals surface area contributed by atoms with Crippen LogP contribution in [-0.4, -0.2) is 6.54 Å². The van der Waals surface area contributed by atoms with Crippen molar-refractivity contribution in [2.75, 3.05) is 6.54 Å². The number of hydrogen-bond acceptors (Lipinski definition) is 1. The van der Waals surface area contributed by atoms with Crippen molar-refractivity contribution in [1.82, 2.24) is 5.32 Å². The van der Waals surface area contributed by atoms with E-state index in [1.807, 2.05) is 0 Å². The standard InChI is InChI=1S/C10H21N/c1-5-9(4)8-10(6-2)11-7-3/h8-9,11H,5-7H2,1-4H3/b10-8-/t9-/m0/s1. The van der Waals surface area contributed by atoms with Gasteiger partial charge in [-0.2, -0.15) is 0 Å². The minimum atomic E-state index is 0.712. The molecule has 0 aliphatic carbocycles. The molecule has 0 saturated heterocycles. The Morgan fingerprint density at radius 1 is 1.36 bits per heavy atom. The molecule has 1 heteroatoms. The molecular weight excluding hydrogens is 134 g/mol. The van der Waals surface area contributed by atoms with Crippen LogP contribution in [-0.2, 0) is 0 Å². The molecule has 0 saturated carbocycles. The topological polar surface area (TPSA) is 12.0 Å². The average molecular weight is 155 g/mol. The summed E-state index contributed by atoms with van der Waals surface area (Å²) in [5.41, 5.74) is 1.39. The van der Waals surface area contributed by atoms with Crippen molar-refractivity contribution in [1.29, 1.82) is 0 Å². The van der Waals surface area contributed by atoms with Gasteiger partial charge < -0.3 is 5.32 Å². The monoisotopic (exact) mass is 155 g/mol. The van der Waals surface area contributed by atoms with E-state index in [9.17, 15) is 0 Å². The van der Waals surface area contributed by atoms with Gasteiger partial charge in [-0.25, -0.2) is 0 Å². The highest BCUT2D eigenvalue weighted by molar-refractivity contribution is 5.00. The molecule has 0 rings (SSSR count). The zero-order valence-electron chi connectivity index (χ0n) is 8.28. The van der Waals surface area contributed by atoms with Crippen LogP contribution >= 0.6 is 0 Å². The third-order valence-electron chi connectivity index (χ3n) is 1.91. The van der Waals surface area contributed by atoms with Crippen LogP contribution < -0.4 is 5.32 Å². The summed E-state index contributed by atoms with van der Waals surface area (Å²) in [6, 6.07) is 0. The molecule has 0 bridgehead atoms. The first-order chi connectivity index (χ1) is 5.24. The molecule has 0 fully saturated rings. The van der Waals surface area contributed by atoms with Gasteiger partial charge in [0, 0.05) is 12.2 Å². The molecule has 11 heavy (non-hydrogen) atoms. The maximum Gasteiger partial charge on any atom is 0.0115 e. The fourth-order valence-electron chi connectivity index (χ4n) is 0.990. The van der Waals surface area contributed by atoms with Gasteiger partial charge in [0.25, 0.3) is 0 Å². The van der Waals surface area contributed by atoms with E-state index in [1.165, 1.54) is 12.1 Å². The summed E-state index contributed by atoms with van der Waals surface area (Å²) in [6.07, 6.45) is 4.69. The Morgan fingerprint density at radius 2 is 2.00 bits per heavy atom. The first-order valence-corrected chi connectivity index (χ1v) is 4.69. The molecule has 0 amide bonds. The highest BCUT2D eigenvalue weighted by atomic mass is 14.9. The van der Waals surface area contributed by atoms with Crippen LogP contribution in [0, 0.1) is 5.92 Å². The van der Waals surface area contributed by atoms with Crippen molar-refractivity contribution in [2.45, 2.75) is 40.5 Å². The zero-order chi connectivity index (χ0) is 8.69. The maximum atomic E-state index is 3.36. The minimum absolute atomic E-state index is 0.712. The molecule has 0 heterocycles. The third-order valence-corrected chi connectivity index (χ3v) is 1.91. The predicted molar refractivity (Wildman–Crippen MR) is 51.5 cm³/mol. The summed E-state index contributed by atoms with van der Waals surface area (Å²) in [6.45, 7) is 9.85. The minimum Gasteiger partial charge on any atom is -0.389 e. The molecular formula is C10H21N. The van der Waals surface area contributed by atoms with Crippen LogP contribution in [0.2, 0.25) is 0 Å². The molecule has 66 valence electrons. The van der Waals surface area contributed by atoms with Crippen LogP contribution in [0.15, 0.2) is 11.8 Å². The first-order valence-electron chi connectivity index (χ1n) is 4.69. The average Bonchev–Trinajstić information content (AvgIpc) is 2.03. The van der Waals surface area contributed by atoms with E-state index in [0.717, 1.165) is 13.0 Å². The quantitative estimate of drug-likeness (QED) is 0.643. The van der Waals surface area contributed by atoms with Crippen LogP contribution in [0.3, 0.4) is 0 Å². The van der Waals surface area contributed by atoms with Crippen molar-refractivity contribution >= 4 is 0 Å². The lowest BCUT2D eigenvalue weighted by Gasteiger charge is -2.09. The number of allylic oxidation sites excluding steroid dienone is 2. The van der Waals surface area contributed by atoms with Gasteiger partial charge in [-0.05, 0) is 19.3 Å². The molecule has 1 nitrogen and oxygen atoms in total. The lowest BCUT2D eigenvalue weighted by atomic mass is 10.1. The summed E-state index contributed by atoms with van der Waals surface area (Å²) in [5.74, 6) is 0.712. The molecule has 0 spiro atoms. The number of hydrogen-bond donors (Lipinski definition) is 1. The third kappa shape index (κ3) is 4.88.